The number of nitro benzene ring substituents is 1. The monoisotopic (exact) mass is 264 g/mol. The van der Waals surface area contributed by atoms with Crippen LogP contribution in [0, 0.1) is 10.1 Å². The highest BCUT2D eigenvalue weighted by Crippen LogP contribution is 2.31. The van der Waals surface area contributed by atoms with Crippen molar-refractivity contribution in [2.24, 2.45) is 0 Å². The average Bonchev–Trinajstić information content (AvgIpc) is 2.46. The number of hydrogen-bond acceptors (Lipinski definition) is 5. The van der Waals surface area contributed by atoms with Gasteiger partial charge in [-0.2, -0.15) is 0 Å². The molecule has 1 aliphatic rings. The Labute approximate surface area is 111 Å². The van der Waals surface area contributed by atoms with Crippen LogP contribution in [0.5, 0.6) is 0 Å². The molecule has 0 aromatic heterocycles. The fraction of sp³-hybridized carbons (Fsp3) is 0.462. The summed E-state index contributed by atoms with van der Waals surface area (Å²) in [5.74, 6) is 0. The quantitative estimate of drug-likeness (QED) is 0.472. The summed E-state index contributed by atoms with van der Waals surface area (Å²) >= 11 is 0. The van der Waals surface area contributed by atoms with E-state index in [4.69, 9.17) is 4.74 Å². The molecular weight excluding hydrogens is 248 g/mol. The van der Waals surface area contributed by atoms with E-state index in [9.17, 15) is 14.9 Å². The Balaban J connectivity index is 2.27. The van der Waals surface area contributed by atoms with Crippen molar-refractivity contribution in [3.8, 4) is 0 Å². The van der Waals surface area contributed by atoms with Crippen LogP contribution in [0.1, 0.15) is 23.2 Å². The summed E-state index contributed by atoms with van der Waals surface area (Å²) in [5, 5.41) is 11.1. The largest absolute Gasteiger partial charge is 0.381 e. The molecule has 0 spiro atoms. The van der Waals surface area contributed by atoms with E-state index in [2.05, 4.69) is 0 Å². The van der Waals surface area contributed by atoms with Gasteiger partial charge in [0, 0.05) is 31.8 Å². The smallest absolute Gasteiger partial charge is 0.292 e. The molecule has 6 heteroatoms. The highest BCUT2D eigenvalue weighted by atomic mass is 16.6. The van der Waals surface area contributed by atoms with Crippen LogP contribution in [0.25, 0.3) is 0 Å². The molecule has 1 fully saturated rings. The molecule has 1 aliphatic heterocycles. The van der Waals surface area contributed by atoms with Gasteiger partial charge in [0.25, 0.3) is 5.69 Å². The lowest BCUT2D eigenvalue weighted by atomic mass is 10.1. The van der Waals surface area contributed by atoms with Gasteiger partial charge in [-0.1, -0.05) is 0 Å². The summed E-state index contributed by atoms with van der Waals surface area (Å²) in [6.07, 6.45) is 2.58. The van der Waals surface area contributed by atoms with Crippen LogP contribution in [-0.4, -0.2) is 37.5 Å². The number of hydrogen-bond donors (Lipinski definition) is 0. The van der Waals surface area contributed by atoms with E-state index in [0.29, 0.717) is 30.6 Å². The topological polar surface area (TPSA) is 72.7 Å². The third-order valence-electron chi connectivity index (χ3n) is 3.45. The number of aldehydes is 1. The Morgan fingerprint density at radius 2 is 2.11 bits per heavy atom. The molecule has 19 heavy (non-hydrogen) atoms. The summed E-state index contributed by atoms with van der Waals surface area (Å²) in [6, 6.07) is 4.44. The highest BCUT2D eigenvalue weighted by Gasteiger charge is 2.24. The maximum absolute atomic E-state index is 11.1. The Bertz CT molecular complexity index is 482. The number of ether oxygens (including phenoxy) is 1. The van der Waals surface area contributed by atoms with Crippen molar-refractivity contribution >= 4 is 17.7 Å². The molecule has 1 aromatic rings. The summed E-state index contributed by atoms with van der Waals surface area (Å²) < 4.78 is 5.28. The predicted molar refractivity (Wildman–Crippen MR) is 70.7 cm³/mol. The Morgan fingerprint density at radius 1 is 1.42 bits per heavy atom. The van der Waals surface area contributed by atoms with Crippen LogP contribution in [-0.2, 0) is 4.74 Å². The van der Waals surface area contributed by atoms with Crippen LogP contribution in [0.2, 0.25) is 0 Å². The van der Waals surface area contributed by atoms with Crippen molar-refractivity contribution in [2.75, 3.05) is 25.1 Å². The first-order valence-corrected chi connectivity index (χ1v) is 6.17. The van der Waals surface area contributed by atoms with Crippen molar-refractivity contribution in [2.45, 2.75) is 18.9 Å². The molecule has 2 rings (SSSR count). The Kier molecular flexibility index (Phi) is 4.11. The zero-order valence-corrected chi connectivity index (χ0v) is 10.7. The van der Waals surface area contributed by atoms with Crippen LogP contribution in [0.3, 0.4) is 0 Å². The second-order valence-electron chi connectivity index (χ2n) is 4.55. The van der Waals surface area contributed by atoms with E-state index < -0.39 is 4.92 Å². The number of methoxy groups -OCH3 is 1. The Morgan fingerprint density at radius 3 is 2.63 bits per heavy atom. The van der Waals surface area contributed by atoms with Crippen molar-refractivity contribution in [3.63, 3.8) is 0 Å². The van der Waals surface area contributed by atoms with Crippen molar-refractivity contribution in [1.29, 1.82) is 0 Å². The molecule has 0 bridgehead atoms. The Hall–Kier alpha value is -1.95. The van der Waals surface area contributed by atoms with Crippen molar-refractivity contribution in [1.82, 2.24) is 0 Å². The second kappa shape index (κ2) is 5.79. The molecule has 0 amide bonds. The number of piperidine rings is 1. The van der Waals surface area contributed by atoms with Gasteiger partial charge in [-0.05, 0) is 25.0 Å². The fourth-order valence-electron chi connectivity index (χ4n) is 2.35. The molecule has 0 saturated carbocycles. The molecule has 6 nitrogen and oxygen atoms in total. The van der Waals surface area contributed by atoms with Crippen LogP contribution in [0.4, 0.5) is 11.4 Å². The molecule has 102 valence electrons. The summed E-state index contributed by atoms with van der Waals surface area (Å²) in [7, 11) is 1.68. The molecule has 0 radical (unpaired) electrons. The first kappa shape index (κ1) is 13.5. The van der Waals surface area contributed by atoms with E-state index in [-0.39, 0.29) is 11.8 Å². The number of rotatable bonds is 4. The zero-order chi connectivity index (χ0) is 13.8. The third-order valence-corrected chi connectivity index (χ3v) is 3.45. The van der Waals surface area contributed by atoms with E-state index >= 15 is 0 Å². The molecule has 0 N–H and O–H groups in total. The van der Waals surface area contributed by atoms with Gasteiger partial charge in [0.15, 0.2) is 0 Å². The number of nitro groups is 1. The SMILES string of the molecule is COC1CCN(c2cc(C=O)ccc2[N+](=O)[O-])CC1. The zero-order valence-electron chi connectivity index (χ0n) is 10.7. The summed E-state index contributed by atoms with van der Waals surface area (Å²) in [6.45, 7) is 1.39. The number of nitrogens with zero attached hydrogens (tertiary/aromatic N) is 2. The predicted octanol–water partition coefficient (Wildman–Crippen LogP) is 2.02. The molecular formula is C13H16N2O4. The lowest BCUT2D eigenvalue weighted by Gasteiger charge is -2.32. The van der Waals surface area contributed by atoms with Gasteiger partial charge in [-0.15, -0.1) is 0 Å². The van der Waals surface area contributed by atoms with E-state index in [0.717, 1.165) is 12.8 Å². The first-order valence-electron chi connectivity index (χ1n) is 6.17. The normalized spacial score (nSPS) is 16.4. The van der Waals surface area contributed by atoms with Gasteiger partial charge in [-0.3, -0.25) is 14.9 Å². The minimum atomic E-state index is -0.410. The van der Waals surface area contributed by atoms with Gasteiger partial charge in [0.1, 0.15) is 12.0 Å². The molecule has 0 unspecified atom stereocenters. The molecule has 1 aromatic carbocycles. The number of carbonyl (C=O) groups excluding carboxylic acids is 1. The van der Waals surface area contributed by atoms with Crippen LogP contribution < -0.4 is 4.90 Å². The summed E-state index contributed by atoms with van der Waals surface area (Å²) in [4.78, 5) is 23.4. The lowest BCUT2D eigenvalue weighted by molar-refractivity contribution is -0.384. The van der Waals surface area contributed by atoms with Crippen molar-refractivity contribution < 1.29 is 14.5 Å². The number of anilines is 1. The van der Waals surface area contributed by atoms with Gasteiger partial charge >= 0.3 is 0 Å². The minimum Gasteiger partial charge on any atom is -0.381 e. The molecule has 1 heterocycles. The lowest BCUT2D eigenvalue weighted by Crippen LogP contribution is -2.37. The number of benzene rings is 1. The maximum atomic E-state index is 11.1. The van der Waals surface area contributed by atoms with Gasteiger partial charge in [0.2, 0.25) is 0 Å². The van der Waals surface area contributed by atoms with Crippen LogP contribution in [0.15, 0.2) is 18.2 Å². The van der Waals surface area contributed by atoms with E-state index in [1.165, 1.54) is 12.1 Å². The van der Waals surface area contributed by atoms with Gasteiger partial charge in [-0.25, -0.2) is 0 Å². The van der Waals surface area contributed by atoms with E-state index in [1.54, 1.807) is 13.2 Å². The second-order valence-corrected chi connectivity index (χ2v) is 4.55. The molecule has 0 atom stereocenters. The van der Waals surface area contributed by atoms with E-state index in [1.807, 2.05) is 4.90 Å². The third kappa shape index (κ3) is 2.90. The minimum absolute atomic E-state index is 0.0430. The molecule has 0 aliphatic carbocycles. The highest BCUT2D eigenvalue weighted by molar-refractivity contribution is 5.80. The maximum Gasteiger partial charge on any atom is 0.292 e. The standard InChI is InChI=1S/C13H16N2O4/c1-19-11-4-6-14(7-5-11)13-8-10(9-16)2-3-12(13)15(17)18/h2-3,8-9,11H,4-7H2,1H3. The van der Waals surface area contributed by atoms with Gasteiger partial charge in [0.05, 0.1) is 11.0 Å². The van der Waals surface area contributed by atoms with Gasteiger partial charge < -0.3 is 9.64 Å². The fourth-order valence-corrected chi connectivity index (χ4v) is 2.35. The molecule has 1 saturated heterocycles. The number of carbonyl (C=O) groups is 1. The first-order chi connectivity index (χ1) is 9.15. The van der Waals surface area contributed by atoms with Crippen molar-refractivity contribution in [3.05, 3.63) is 33.9 Å². The summed E-state index contributed by atoms with van der Waals surface area (Å²) in [5.41, 5.74) is 1.01. The van der Waals surface area contributed by atoms with Crippen LogP contribution >= 0.6 is 0 Å². The average molecular weight is 264 g/mol.